The lowest BCUT2D eigenvalue weighted by Crippen LogP contribution is -1.97. The van der Waals surface area contributed by atoms with Crippen molar-refractivity contribution in [2.24, 2.45) is 0 Å². The summed E-state index contributed by atoms with van der Waals surface area (Å²) >= 11 is 3.55. The highest BCUT2D eigenvalue weighted by molar-refractivity contribution is 9.10. The molecule has 0 fully saturated rings. The molecule has 5 nitrogen and oxygen atoms in total. The zero-order valence-electron chi connectivity index (χ0n) is 62.7. The minimum Gasteiger partial charge on any atom is -0.309 e. The number of fused-ring (bicyclic) bond motifs is 9. The molecule has 0 amide bonds. The third-order valence-corrected chi connectivity index (χ3v) is 22.7. The number of benzene rings is 17. The summed E-state index contributed by atoms with van der Waals surface area (Å²) < 4.78 is 3.40. The molecule has 115 heavy (non-hydrogen) atoms. The Kier molecular flexibility index (Phi) is 18.5. The molecule has 0 aliphatic heterocycles. The molecule has 20 aromatic rings. The number of para-hydroxylation sites is 1. The van der Waals surface area contributed by atoms with Gasteiger partial charge in [0, 0.05) is 72.0 Å². The standard InChI is InChI=1S/C54H35N3.C38H25BrN2.C17H11/c1-3-11-36(12-4-1)38-19-21-40(22-20-38)45-29-32-48-50(34-45)55-54(56-53(48)41-25-23-39(24-26-41)37-13-5-2-6-14-37)42-27-30-46(31-28-42)57-51-18-10-9-17-47(51)49-33-43-15-7-8-16-44(43)35-52(49)57;39-34-22-19-32(20-23-34)38-40-36-25-33(30-13-11-28(12-14-30)26-7-3-1-4-8-26)21-24-35(36)37(41-38)31-17-15-29(16-18-31)27-9-5-2-6-10-27;1-2-6-13-11-17-15(9-12(13)5-1)10-14-7-3-4-8-16(14)17/h1-35H;1-25H;1-2,4-9,11H,10H2/q;;+1. The van der Waals surface area contributed by atoms with Crippen molar-refractivity contribution in [1.82, 2.24) is 24.5 Å². The van der Waals surface area contributed by atoms with Crippen LogP contribution in [0.25, 0.3) is 188 Å². The molecule has 0 unspecified atom stereocenters. The highest BCUT2D eigenvalue weighted by Gasteiger charge is 2.27. The number of hydrogen-bond donors (Lipinski definition) is 0. The Morgan fingerprint density at radius 3 is 1.10 bits per heavy atom. The van der Waals surface area contributed by atoms with Gasteiger partial charge in [-0.2, -0.15) is 0 Å². The van der Waals surface area contributed by atoms with Gasteiger partial charge in [0.2, 0.25) is 0 Å². The van der Waals surface area contributed by atoms with Gasteiger partial charge in [-0.25, -0.2) is 19.9 Å². The number of hydrogen-bond acceptors (Lipinski definition) is 4. The quantitative estimate of drug-likeness (QED) is 0.121. The first kappa shape index (κ1) is 69.5. The van der Waals surface area contributed by atoms with Crippen molar-refractivity contribution in [2.75, 3.05) is 0 Å². The number of nitrogens with zero attached hydrogens (tertiary/aromatic N) is 5. The highest BCUT2D eigenvalue weighted by atomic mass is 79.9. The van der Waals surface area contributed by atoms with Gasteiger partial charge in [0.05, 0.1) is 50.7 Å². The van der Waals surface area contributed by atoms with E-state index < -0.39 is 0 Å². The van der Waals surface area contributed by atoms with Gasteiger partial charge >= 0.3 is 0 Å². The summed E-state index contributed by atoms with van der Waals surface area (Å²) in [5.41, 5.74) is 30.9. The molecule has 22 rings (SSSR count). The van der Waals surface area contributed by atoms with E-state index in [9.17, 15) is 0 Å². The SMILES string of the molecule is Brc1ccc(-c2nc(-c3ccc(-c4ccccc4)cc3)c3ccc(-c4ccc(-c5ccccc5)cc4)cc3n2)cc1.[C+]1=CC2=C(C=C1)c1cc3ccccc3cc1C2.c1ccc(-c2ccc(-c3ccc4c(-c5ccc(-c6ccccc6)cc5)nc(-c5ccc(-n6c7ccccc7c7cc8ccccc8cc76)cc5)nc4c3)cc2)cc1. The van der Waals surface area contributed by atoms with Crippen molar-refractivity contribution >= 4 is 86.7 Å². The van der Waals surface area contributed by atoms with E-state index in [1.54, 1.807) is 0 Å². The van der Waals surface area contributed by atoms with Crippen LogP contribution >= 0.6 is 15.9 Å². The molecule has 0 atom stereocenters. The van der Waals surface area contributed by atoms with Gasteiger partial charge in [0.15, 0.2) is 11.6 Å². The number of aromatic nitrogens is 5. The van der Waals surface area contributed by atoms with E-state index in [1.165, 1.54) is 110 Å². The fourth-order valence-electron chi connectivity index (χ4n) is 16.2. The lowest BCUT2D eigenvalue weighted by molar-refractivity contribution is 1.17. The average Bonchev–Trinajstić information content (AvgIpc) is 1.56. The predicted molar refractivity (Wildman–Crippen MR) is 485 cm³/mol. The van der Waals surface area contributed by atoms with E-state index in [2.05, 4.69) is 415 Å². The van der Waals surface area contributed by atoms with Crippen LogP contribution < -0.4 is 0 Å². The molecule has 3 aromatic heterocycles. The van der Waals surface area contributed by atoms with Crippen LogP contribution in [0.2, 0.25) is 0 Å². The second-order valence-corrected chi connectivity index (χ2v) is 30.2. The summed E-state index contributed by atoms with van der Waals surface area (Å²) in [6, 6.07) is 142. The van der Waals surface area contributed by atoms with Gasteiger partial charge in [-0.1, -0.05) is 325 Å². The minimum atomic E-state index is 0.695. The van der Waals surface area contributed by atoms with E-state index in [0.29, 0.717) is 11.6 Å². The molecule has 3 heterocycles. The maximum Gasteiger partial charge on any atom is 0.160 e. The Bertz CT molecular complexity index is 7140. The first-order valence-electron chi connectivity index (χ1n) is 38.9. The van der Waals surface area contributed by atoms with E-state index >= 15 is 0 Å². The Morgan fingerprint density at radius 2 is 0.635 bits per heavy atom. The molecule has 17 aromatic carbocycles. The van der Waals surface area contributed by atoms with Gasteiger partial charge in [0.25, 0.3) is 0 Å². The molecule has 6 heteroatoms. The molecule has 2 aliphatic rings. The second kappa shape index (κ2) is 30.6. The molecule has 0 saturated heterocycles. The monoisotopic (exact) mass is 1530 g/mol. The maximum atomic E-state index is 5.30. The van der Waals surface area contributed by atoms with Crippen molar-refractivity contribution in [3.63, 3.8) is 0 Å². The lowest BCUT2D eigenvalue weighted by Gasteiger charge is -2.13. The van der Waals surface area contributed by atoms with E-state index in [0.717, 1.165) is 94.3 Å². The Labute approximate surface area is 676 Å². The van der Waals surface area contributed by atoms with Crippen molar-refractivity contribution in [3.8, 4) is 118 Å². The predicted octanol–water partition coefficient (Wildman–Crippen LogP) is 29.0. The van der Waals surface area contributed by atoms with Gasteiger partial charge in [-0.3, -0.25) is 0 Å². The number of rotatable bonds is 11. The highest BCUT2D eigenvalue weighted by Crippen LogP contribution is 2.42. The van der Waals surface area contributed by atoms with Crippen LogP contribution in [0.4, 0.5) is 0 Å². The van der Waals surface area contributed by atoms with Crippen molar-refractivity contribution in [3.05, 3.63) is 446 Å². The topological polar surface area (TPSA) is 56.5 Å². The summed E-state index contributed by atoms with van der Waals surface area (Å²) in [6.07, 6.45) is 10.5. The Morgan fingerprint density at radius 1 is 0.270 bits per heavy atom. The third-order valence-electron chi connectivity index (χ3n) is 22.2. The van der Waals surface area contributed by atoms with Crippen LogP contribution in [0.3, 0.4) is 0 Å². The summed E-state index contributed by atoms with van der Waals surface area (Å²) in [5.74, 6) is 1.41. The molecule has 0 saturated carbocycles. The zero-order chi connectivity index (χ0) is 76.5. The van der Waals surface area contributed by atoms with Gasteiger partial charge in [0.1, 0.15) is 12.2 Å². The van der Waals surface area contributed by atoms with Crippen LogP contribution in [0.15, 0.2) is 429 Å². The number of halogens is 1. The molecular weight excluding hydrogens is 1460 g/mol. The first-order valence-corrected chi connectivity index (χ1v) is 39.7. The summed E-state index contributed by atoms with van der Waals surface area (Å²) in [5, 5.41) is 9.68. The smallest absolute Gasteiger partial charge is 0.160 e. The Balaban J connectivity index is 0.000000127. The molecule has 538 valence electrons. The molecule has 0 bridgehead atoms. The third kappa shape index (κ3) is 14.0. The van der Waals surface area contributed by atoms with Crippen molar-refractivity contribution in [2.45, 2.75) is 6.42 Å². The molecule has 0 N–H and O–H groups in total. The van der Waals surface area contributed by atoms with Crippen LogP contribution in [-0.2, 0) is 6.42 Å². The largest absolute Gasteiger partial charge is 0.309 e. The molecular formula is C109H71BrN5+. The summed E-state index contributed by atoms with van der Waals surface area (Å²) in [6.45, 7) is 0. The fourth-order valence-corrected chi connectivity index (χ4v) is 16.5. The number of allylic oxidation sites excluding steroid dienone is 6. The molecule has 0 spiro atoms. The van der Waals surface area contributed by atoms with E-state index in [4.69, 9.17) is 19.9 Å². The van der Waals surface area contributed by atoms with Crippen molar-refractivity contribution in [1.29, 1.82) is 0 Å². The lowest BCUT2D eigenvalue weighted by atomic mass is 9.97. The van der Waals surface area contributed by atoms with Gasteiger partial charge in [-0.15, -0.1) is 0 Å². The van der Waals surface area contributed by atoms with Crippen LogP contribution in [0.5, 0.6) is 0 Å². The van der Waals surface area contributed by atoms with Crippen molar-refractivity contribution < 1.29 is 0 Å². The van der Waals surface area contributed by atoms with Crippen LogP contribution in [0.1, 0.15) is 11.1 Å². The fraction of sp³-hybridized carbons (Fsp3) is 0.00917. The second-order valence-electron chi connectivity index (χ2n) is 29.3. The van der Waals surface area contributed by atoms with Crippen LogP contribution in [-0.4, -0.2) is 24.5 Å². The van der Waals surface area contributed by atoms with Crippen LogP contribution in [0, 0.1) is 6.08 Å². The minimum absolute atomic E-state index is 0.695. The molecule has 2 aliphatic carbocycles. The van der Waals surface area contributed by atoms with Gasteiger partial charge < -0.3 is 4.57 Å². The van der Waals surface area contributed by atoms with E-state index in [1.807, 2.05) is 30.3 Å². The summed E-state index contributed by atoms with van der Waals surface area (Å²) in [7, 11) is 0. The molecule has 0 radical (unpaired) electrons. The zero-order valence-corrected chi connectivity index (χ0v) is 64.2. The first-order chi connectivity index (χ1) is 56.9. The summed E-state index contributed by atoms with van der Waals surface area (Å²) in [4.78, 5) is 20.7. The Hall–Kier alpha value is -14.7. The maximum absolute atomic E-state index is 5.30. The average molecular weight is 1530 g/mol. The normalized spacial score (nSPS) is 12.0. The van der Waals surface area contributed by atoms with E-state index in [-0.39, 0.29) is 0 Å². The van der Waals surface area contributed by atoms with Gasteiger partial charge in [-0.05, 0) is 185 Å².